The van der Waals surface area contributed by atoms with Crippen LogP contribution in [0, 0.1) is 13.8 Å². The van der Waals surface area contributed by atoms with Crippen molar-refractivity contribution >= 4 is 29.1 Å². The third-order valence-corrected chi connectivity index (χ3v) is 5.23. The van der Waals surface area contributed by atoms with Gasteiger partial charge in [0.25, 0.3) is 0 Å². The third kappa shape index (κ3) is 4.50. The topological polar surface area (TPSA) is 78.1 Å². The van der Waals surface area contributed by atoms with Crippen LogP contribution in [0.4, 0.5) is 0 Å². The van der Waals surface area contributed by atoms with Crippen LogP contribution >= 0.6 is 23.1 Å². The maximum atomic E-state index is 12.0. The molecule has 0 saturated carbocycles. The van der Waals surface area contributed by atoms with Gasteiger partial charge in [-0.3, -0.25) is 4.79 Å². The van der Waals surface area contributed by atoms with Crippen molar-refractivity contribution in [1.82, 2.24) is 15.0 Å². The Morgan fingerprint density at radius 2 is 2.04 bits per heavy atom. The zero-order valence-corrected chi connectivity index (χ0v) is 16.4. The van der Waals surface area contributed by atoms with Gasteiger partial charge in [-0.1, -0.05) is 17.8 Å². The number of ether oxygens (including phenoxy) is 1. The van der Waals surface area contributed by atoms with E-state index in [0.29, 0.717) is 18.0 Å². The van der Waals surface area contributed by atoms with Crippen LogP contribution in [0.5, 0.6) is 0 Å². The van der Waals surface area contributed by atoms with Gasteiger partial charge in [0.1, 0.15) is 18.6 Å². The molecule has 3 heterocycles. The quantitative estimate of drug-likeness (QED) is 0.340. The summed E-state index contributed by atoms with van der Waals surface area (Å²) in [7, 11) is 0. The van der Waals surface area contributed by atoms with Crippen molar-refractivity contribution in [2.24, 2.45) is 0 Å². The molecule has 8 heteroatoms. The van der Waals surface area contributed by atoms with E-state index >= 15 is 0 Å². The number of thioether (sulfide) groups is 1. The number of hydrogen-bond acceptors (Lipinski definition) is 8. The lowest BCUT2D eigenvalue weighted by Gasteiger charge is -2.09. The number of carbonyl (C=O) groups is 1. The number of oxazole rings is 1. The maximum absolute atomic E-state index is 12.0. The Bertz CT molecular complexity index is 868. The first-order valence-corrected chi connectivity index (χ1v) is 10.2. The van der Waals surface area contributed by atoms with E-state index in [1.165, 1.54) is 18.0 Å². The van der Waals surface area contributed by atoms with Crippen molar-refractivity contribution in [2.45, 2.75) is 38.5 Å². The molecule has 0 aliphatic carbocycles. The van der Waals surface area contributed by atoms with Gasteiger partial charge in [0, 0.05) is 17.8 Å². The highest BCUT2D eigenvalue weighted by atomic mass is 32.2. The van der Waals surface area contributed by atoms with Crippen LogP contribution in [0.25, 0.3) is 10.8 Å². The van der Waals surface area contributed by atoms with E-state index in [1.54, 1.807) is 11.3 Å². The Morgan fingerprint density at radius 1 is 1.27 bits per heavy atom. The number of rotatable bonds is 7. The number of nitrogens with zero attached hydrogens (tertiary/aromatic N) is 3. The van der Waals surface area contributed by atoms with E-state index in [0.717, 1.165) is 27.0 Å². The molecule has 0 atom stereocenters. The van der Waals surface area contributed by atoms with E-state index in [9.17, 15) is 4.79 Å². The van der Waals surface area contributed by atoms with Crippen LogP contribution in [0.15, 0.2) is 33.3 Å². The largest absolute Gasteiger partial charge is 0.459 e. The Balaban J connectivity index is 1.52. The van der Waals surface area contributed by atoms with Crippen LogP contribution in [-0.2, 0) is 22.6 Å². The molecule has 3 rings (SSSR count). The number of esters is 1. The first-order valence-electron chi connectivity index (χ1n) is 8.09. The average Bonchev–Trinajstić information content (AvgIpc) is 3.30. The van der Waals surface area contributed by atoms with Gasteiger partial charge in [-0.05, 0) is 43.5 Å². The van der Waals surface area contributed by atoms with Gasteiger partial charge in [-0.25, -0.2) is 15.0 Å². The number of aromatic nitrogens is 3. The smallest absolute Gasteiger partial charge is 0.306 e. The Hall–Kier alpha value is -2.19. The highest BCUT2D eigenvalue weighted by Gasteiger charge is 2.13. The van der Waals surface area contributed by atoms with E-state index < -0.39 is 0 Å². The summed E-state index contributed by atoms with van der Waals surface area (Å²) in [5.41, 5.74) is 3.42. The van der Waals surface area contributed by atoms with Crippen LogP contribution in [-0.4, -0.2) is 27.2 Å². The zero-order valence-electron chi connectivity index (χ0n) is 14.8. The van der Waals surface area contributed by atoms with Crippen molar-refractivity contribution in [2.75, 3.05) is 6.26 Å². The van der Waals surface area contributed by atoms with Gasteiger partial charge in [0.15, 0.2) is 5.16 Å². The van der Waals surface area contributed by atoms with Gasteiger partial charge in [-0.15, -0.1) is 11.3 Å². The second-order valence-electron chi connectivity index (χ2n) is 5.64. The molecule has 26 heavy (non-hydrogen) atoms. The van der Waals surface area contributed by atoms with E-state index in [2.05, 4.69) is 15.0 Å². The molecule has 0 amide bonds. The van der Waals surface area contributed by atoms with Crippen molar-refractivity contribution < 1.29 is 13.9 Å². The van der Waals surface area contributed by atoms with Crippen molar-refractivity contribution in [3.05, 3.63) is 46.4 Å². The molecule has 3 aromatic rings. The molecule has 0 aliphatic rings. The van der Waals surface area contributed by atoms with Crippen LogP contribution in [0.3, 0.4) is 0 Å². The van der Waals surface area contributed by atoms with Crippen molar-refractivity contribution in [1.29, 1.82) is 0 Å². The monoisotopic (exact) mass is 389 g/mol. The molecule has 3 aromatic heterocycles. The fourth-order valence-electron chi connectivity index (χ4n) is 2.50. The van der Waals surface area contributed by atoms with Gasteiger partial charge in [0.2, 0.25) is 5.89 Å². The number of hydrogen-bond donors (Lipinski definition) is 0. The fraction of sp³-hybridized carbons (Fsp3) is 0.333. The Labute approximate surface area is 160 Å². The molecular weight excluding hydrogens is 370 g/mol. The second kappa shape index (κ2) is 8.46. The average molecular weight is 390 g/mol. The molecule has 0 spiro atoms. The highest BCUT2D eigenvalue weighted by molar-refractivity contribution is 7.98. The summed E-state index contributed by atoms with van der Waals surface area (Å²) in [6.07, 6.45) is 4.30. The predicted molar refractivity (Wildman–Crippen MR) is 101 cm³/mol. The van der Waals surface area contributed by atoms with Crippen LogP contribution < -0.4 is 0 Å². The summed E-state index contributed by atoms with van der Waals surface area (Å²) in [5, 5.41) is 2.71. The van der Waals surface area contributed by atoms with Crippen molar-refractivity contribution in [3.8, 4) is 10.8 Å². The summed E-state index contributed by atoms with van der Waals surface area (Å²) in [4.78, 5) is 26.2. The maximum Gasteiger partial charge on any atom is 0.306 e. The molecule has 0 saturated heterocycles. The predicted octanol–water partition coefficient (Wildman–Crippen LogP) is 4.21. The molecule has 0 fully saturated rings. The summed E-state index contributed by atoms with van der Waals surface area (Å²) < 4.78 is 10.7. The van der Waals surface area contributed by atoms with Gasteiger partial charge in [0.05, 0.1) is 4.88 Å². The summed E-state index contributed by atoms with van der Waals surface area (Å²) in [6.45, 7) is 3.99. The zero-order chi connectivity index (χ0) is 18.5. The first kappa shape index (κ1) is 18.6. The van der Waals surface area contributed by atoms with E-state index in [-0.39, 0.29) is 19.0 Å². The van der Waals surface area contributed by atoms with Crippen molar-refractivity contribution in [3.63, 3.8) is 0 Å². The fourth-order valence-corrected chi connectivity index (χ4v) is 3.61. The normalized spacial score (nSPS) is 10.9. The molecule has 0 unspecified atom stereocenters. The SMILES string of the molecule is CSc1nc(C)c(CCC(=O)OCc2coc(-c3cccs3)n2)c(C)n1. The first-order chi connectivity index (χ1) is 12.6. The Morgan fingerprint density at radius 3 is 2.69 bits per heavy atom. The molecule has 6 nitrogen and oxygen atoms in total. The van der Waals surface area contributed by atoms with Crippen LogP contribution in [0.2, 0.25) is 0 Å². The standard InChI is InChI=1S/C18H19N3O3S2/c1-11-14(12(2)20-18(19-11)25-3)6-7-16(22)23-9-13-10-24-17(21-13)15-5-4-8-26-15/h4-5,8,10H,6-7,9H2,1-3H3. The number of aryl methyl sites for hydroxylation is 2. The van der Waals surface area contributed by atoms with Gasteiger partial charge < -0.3 is 9.15 Å². The molecule has 0 aliphatic heterocycles. The van der Waals surface area contributed by atoms with E-state index in [4.69, 9.17) is 9.15 Å². The molecule has 0 N–H and O–H groups in total. The second-order valence-corrected chi connectivity index (χ2v) is 7.36. The lowest BCUT2D eigenvalue weighted by molar-refractivity contribution is -0.145. The minimum absolute atomic E-state index is 0.105. The lowest BCUT2D eigenvalue weighted by atomic mass is 10.1. The van der Waals surface area contributed by atoms with Crippen LogP contribution in [0.1, 0.15) is 29.1 Å². The summed E-state index contributed by atoms with van der Waals surface area (Å²) in [5.74, 6) is 0.266. The Kier molecular flexibility index (Phi) is 6.05. The van der Waals surface area contributed by atoms with Gasteiger partial charge >= 0.3 is 5.97 Å². The molecule has 136 valence electrons. The number of carbonyl (C=O) groups excluding carboxylic acids is 1. The van der Waals surface area contributed by atoms with Gasteiger partial charge in [-0.2, -0.15) is 0 Å². The summed E-state index contributed by atoms with van der Waals surface area (Å²) >= 11 is 3.06. The minimum atomic E-state index is -0.279. The number of thiophene rings is 1. The third-order valence-electron chi connectivity index (χ3n) is 3.83. The summed E-state index contributed by atoms with van der Waals surface area (Å²) in [6, 6.07) is 3.87. The van der Waals surface area contributed by atoms with E-state index in [1.807, 2.05) is 37.6 Å². The molecule has 0 radical (unpaired) electrons. The molecular formula is C18H19N3O3S2. The lowest BCUT2D eigenvalue weighted by Crippen LogP contribution is -2.09. The highest BCUT2D eigenvalue weighted by Crippen LogP contribution is 2.24. The molecule has 0 aromatic carbocycles. The molecule has 0 bridgehead atoms. The minimum Gasteiger partial charge on any atom is -0.459 e.